The summed E-state index contributed by atoms with van der Waals surface area (Å²) in [6, 6.07) is 0. The number of hydrogen-bond acceptors (Lipinski definition) is 7. The van der Waals surface area contributed by atoms with E-state index in [2.05, 4.69) is 28.6 Å². The molecule has 7 nitrogen and oxygen atoms in total. The van der Waals surface area contributed by atoms with Gasteiger partial charge in [-0.3, -0.25) is 0 Å². The van der Waals surface area contributed by atoms with E-state index in [1.54, 1.807) is 0 Å². The summed E-state index contributed by atoms with van der Waals surface area (Å²) in [6.07, 6.45) is -0.287. The summed E-state index contributed by atoms with van der Waals surface area (Å²) in [5.41, 5.74) is 0. The Hall–Kier alpha value is -0.0000000000000000971. The third-order valence-corrected chi connectivity index (χ3v) is 3.04. The molecule has 1 atom stereocenters. The Bertz CT molecular complexity index is 270. The molecule has 130 valence electrons. The molecule has 1 aliphatic heterocycles. The van der Waals surface area contributed by atoms with Gasteiger partial charge in [-0.15, -0.1) is 12.6 Å². The molecular weight excluding hydrogens is 326 g/mol. The number of nitrogens with one attached hydrogen (secondary N) is 3. The smallest absolute Gasteiger partial charge is 0.152 e. The van der Waals surface area contributed by atoms with Crippen molar-refractivity contribution in [2.75, 3.05) is 72.4 Å². The van der Waals surface area contributed by atoms with E-state index in [0.29, 0.717) is 50.6 Å². The summed E-state index contributed by atoms with van der Waals surface area (Å²) in [5, 5.41) is 9.44. The van der Waals surface area contributed by atoms with Crippen LogP contribution in [-0.2, 0) is 18.9 Å². The lowest BCUT2D eigenvalue weighted by atomic mass is 10.5. The molecule has 1 rings (SSSR count). The Morgan fingerprint density at radius 1 is 0.864 bits per heavy atom. The first-order chi connectivity index (χ1) is 10.8. The lowest BCUT2D eigenvalue weighted by molar-refractivity contribution is -0.0223. The summed E-state index contributed by atoms with van der Waals surface area (Å²) in [4.78, 5) is 0. The second-order valence-electron chi connectivity index (χ2n) is 4.61. The van der Waals surface area contributed by atoms with Crippen molar-refractivity contribution in [3.8, 4) is 0 Å². The predicted octanol–water partition coefficient (Wildman–Crippen LogP) is -0.624. The van der Waals surface area contributed by atoms with Crippen molar-refractivity contribution in [1.82, 2.24) is 16.0 Å². The van der Waals surface area contributed by atoms with E-state index < -0.39 is 0 Å². The van der Waals surface area contributed by atoms with Crippen molar-refractivity contribution >= 4 is 29.2 Å². The van der Waals surface area contributed by atoms with Gasteiger partial charge >= 0.3 is 0 Å². The quantitative estimate of drug-likeness (QED) is 0.367. The maximum Gasteiger partial charge on any atom is 0.152 e. The monoisotopic (exact) mass is 353 g/mol. The number of hydrogen-bond donors (Lipinski definition) is 4. The Morgan fingerprint density at radius 2 is 1.41 bits per heavy atom. The second kappa shape index (κ2) is 14.6. The van der Waals surface area contributed by atoms with Gasteiger partial charge in [-0.05, 0) is 0 Å². The average molecular weight is 354 g/mol. The first kappa shape index (κ1) is 20.0. The minimum absolute atomic E-state index is 0.287. The first-order valence-electron chi connectivity index (χ1n) is 7.55. The van der Waals surface area contributed by atoms with Crippen LogP contribution in [-0.4, -0.2) is 83.0 Å². The molecule has 1 fully saturated rings. The van der Waals surface area contributed by atoms with Crippen LogP contribution in [0.25, 0.3) is 0 Å². The highest BCUT2D eigenvalue weighted by Gasteiger charge is 2.09. The van der Waals surface area contributed by atoms with E-state index in [1.165, 1.54) is 0 Å². The molecule has 0 amide bonds. The lowest BCUT2D eigenvalue weighted by Gasteiger charge is -2.20. The highest BCUT2D eigenvalue weighted by Crippen LogP contribution is 1.92. The van der Waals surface area contributed by atoms with Gasteiger partial charge in [0.05, 0.1) is 46.2 Å². The fourth-order valence-corrected chi connectivity index (χ4v) is 2.01. The molecule has 1 unspecified atom stereocenters. The third-order valence-electron chi connectivity index (χ3n) is 2.79. The highest BCUT2D eigenvalue weighted by molar-refractivity contribution is 8.11. The maximum atomic E-state index is 5.68. The van der Waals surface area contributed by atoms with Gasteiger partial charge < -0.3 is 34.9 Å². The molecule has 0 aromatic heterocycles. The summed E-state index contributed by atoms with van der Waals surface area (Å²) in [6.45, 7) is 7.22. The lowest BCUT2D eigenvalue weighted by Crippen LogP contribution is -2.40. The molecule has 0 bridgehead atoms. The van der Waals surface area contributed by atoms with E-state index in [9.17, 15) is 0 Å². The number of thiocarbonyl (C=S) groups is 1. The van der Waals surface area contributed by atoms with Crippen molar-refractivity contribution in [2.24, 2.45) is 0 Å². The van der Waals surface area contributed by atoms with Crippen LogP contribution in [0.1, 0.15) is 0 Å². The zero-order valence-electron chi connectivity index (χ0n) is 12.8. The average Bonchev–Trinajstić information content (AvgIpc) is 2.48. The van der Waals surface area contributed by atoms with Crippen LogP contribution in [0.3, 0.4) is 0 Å². The maximum absolute atomic E-state index is 5.68. The molecule has 0 radical (unpaired) electrons. The summed E-state index contributed by atoms with van der Waals surface area (Å²) >= 11 is 8.99. The van der Waals surface area contributed by atoms with Crippen molar-refractivity contribution in [2.45, 2.75) is 6.23 Å². The van der Waals surface area contributed by atoms with Crippen molar-refractivity contribution < 1.29 is 18.9 Å². The van der Waals surface area contributed by atoms with Crippen LogP contribution in [0.2, 0.25) is 0 Å². The van der Waals surface area contributed by atoms with E-state index in [-0.39, 0.29) is 6.23 Å². The fourth-order valence-electron chi connectivity index (χ4n) is 1.74. The molecule has 1 aliphatic rings. The number of rotatable bonds is 1. The molecule has 0 aromatic rings. The summed E-state index contributed by atoms with van der Waals surface area (Å²) < 4.78 is 22.5. The molecule has 3 N–H and O–H groups in total. The van der Waals surface area contributed by atoms with Gasteiger partial charge in [0.2, 0.25) is 0 Å². The van der Waals surface area contributed by atoms with Gasteiger partial charge in [0.25, 0.3) is 0 Å². The molecule has 1 saturated heterocycles. The van der Waals surface area contributed by atoms with E-state index in [4.69, 9.17) is 31.2 Å². The molecule has 9 heteroatoms. The topological polar surface area (TPSA) is 73.0 Å². The molecule has 0 spiro atoms. The number of thiol groups is 1. The van der Waals surface area contributed by atoms with Crippen LogP contribution in [0, 0.1) is 0 Å². The van der Waals surface area contributed by atoms with E-state index in [1.807, 2.05) is 0 Å². The van der Waals surface area contributed by atoms with E-state index in [0.717, 1.165) is 26.2 Å². The standard InChI is InChI=1S/C13H27N3O4S2/c21-13(22)16-12-11-19-7-3-14-1-5-17-9-10-18-6-2-15-4-8-20-12/h12,14-15H,1-11H2,(H2,16,21,22). The van der Waals surface area contributed by atoms with Crippen molar-refractivity contribution in [3.05, 3.63) is 0 Å². The van der Waals surface area contributed by atoms with Crippen LogP contribution in [0.15, 0.2) is 0 Å². The van der Waals surface area contributed by atoms with Crippen LogP contribution in [0.4, 0.5) is 0 Å². The molecule has 0 aromatic carbocycles. The number of ether oxygens (including phenoxy) is 4. The second-order valence-corrected chi connectivity index (χ2v) is 5.77. The van der Waals surface area contributed by atoms with Gasteiger partial charge in [-0.25, -0.2) is 0 Å². The largest absolute Gasteiger partial charge is 0.378 e. The molecule has 0 aliphatic carbocycles. The molecule has 22 heavy (non-hydrogen) atoms. The van der Waals surface area contributed by atoms with Gasteiger partial charge in [0, 0.05) is 26.2 Å². The Labute approximate surface area is 143 Å². The van der Waals surface area contributed by atoms with Crippen LogP contribution >= 0.6 is 24.8 Å². The minimum atomic E-state index is -0.287. The Morgan fingerprint density at radius 3 is 2.00 bits per heavy atom. The van der Waals surface area contributed by atoms with Gasteiger partial charge in [-0.1, -0.05) is 12.2 Å². The van der Waals surface area contributed by atoms with Gasteiger partial charge in [0.15, 0.2) is 6.23 Å². The zero-order valence-corrected chi connectivity index (χ0v) is 14.6. The fraction of sp³-hybridized carbons (Fsp3) is 0.923. The highest BCUT2D eigenvalue weighted by atomic mass is 32.1. The molecular formula is C13H27N3O4S2. The van der Waals surface area contributed by atoms with Crippen molar-refractivity contribution in [3.63, 3.8) is 0 Å². The van der Waals surface area contributed by atoms with Gasteiger partial charge in [0.1, 0.15) is 4.32 Å². The Kier molecular flexibility index (Phi) is 13.3. The normalized spacial score (nSPS) is 24.9. The predicted molar refractivity (Wildman–Crippen MR) is 92.7 cm³/mol. The molecule has 1 heterocycles. The summed E-state index contributed by atoms with van der Waals surface area (Å²) in [5.74, 6) is 0. The van der Waals surface area contributed by atoms with Crippen LogP contribution in [0.5, 0.6) is 0 Å². The minimum Gasteiger partial charge on any atom is -0.378 e. The van der Waals surface area contributed by atoms with Crippen LogP contribution < -0.4 is 16.0 Å². The first-order valence-corrected chi connectivity index (χ1v) is 8.40. The SMILES string of the molecule is S=C(S)NC1COCCNCCOCCOCCNCCO1. The Balaban J connectivity index is 2.25. The van der Waals surface area contributed by atoms with Gasteiger partial charge in [-0.2, -0.15) is 0 Å². The third kappa shape index (κ3) is 12.5. The van der Waals surface area contributed by atoms with E-state index >= 15 is 0 Å². The molecule has 0 saturated carbocycles. The zero-order chi connectivity index (χ0) is 15.9. The van der Waals surface area contributed by atoms with Crippen molar-refractivity contribution in [1.29, 1.82) is 0 Å². The summed E-state index contributed by atoms with van der Waals surface area (Å²) in [7, 11) is 0.